The molecule has 2 aromatic heterocycles. The van der Waals surface area contributed by atoms with Gasteiger partial charge in [0.1, 0.15) is 12.1 Å². The molecule has 0 spiro atoms. The Kier molecular flexibility index (Phi) is 5.71. The number of rotatable bonds is 7. The number of aromatic nitrogens is 4. The van der Waals surface area contributed by atoms with Gasteiger partial charge in [-0.05, 0) is 27.6 Å². The van der Waals surface area contributed by atoms with Gasteiger partial charge in [-0.2, -0.15) is 9.97 Å². The molecule has 8 nitrogen and oxygen atoms in total. The maximum atomic E-state index is 6.09. The standard InChI is InChI=1S/C17H17BrClN5O3/c1-4-5-27-13-10(25-2)6-9(11(18)14(13)26-3)7-24-8-21-12-15(19)22-17(20)23-16(12)24/h4,6,8H,1,5,7H2,2-3H3,(H2,20,22,23). The molecule has 1 aromatic carbocycles. The molecule has 0 aliphatic rings. The number of fused-ring (bicyclic) bond motifs is 1. The third-order valence-electron chi connectivity index (χ3n) is 3.77. The lowest BCUT2D eigenvalue weighted by Gasteiger charge is -2.18. The first-order valence-corrected chi connectivity index (χ1v) is 8.98. The number of nitrogens with two attached hydrogens (primary N) is 1. The van der Waals surface area contributed by atoms with Crippen LogP contribution < -0.4 is 19.9 Å². The van der Waals surface area contributed by atoms with Gasteiger partial charge in [-0.3, -0.25) is 0 Å². The van der Waals surface area contributed by atoms with Crippen molar-refractivity contribution in [1.82, 2.24) is 19.5 Å². The van der Waals surface area contributed by atoms with E-state index in [2.05, 4.69) is 37.5 Å². The van der Waals surface area contributed by atoms with Crippen LogP contribution in [0.2, 0.25) is 5.15 Å². The van der Waals surface area contributed by atoms with Crippen LogP contribution in [-0.2, 0) is 6.54 Å². The molecule has 3 aromatic rings. The van der Waals surface area contributed by atoms with Crippen LogP contribution in [0, 0.1) is 0 Å². The molecule has 0 fully saturated rings. The smallest absolute Gasteiger partial charge is 0.223 e. The van der Waals surface area contributed by atoms with Crippen LogP contribution in [0.1, 0.15) is 5.56 Å². The van der Waals surface area contributed by atoms with Gasteiger partial charge < -0.3 is 24.5 Å². The summed E-state index contributed by atoms with van der Waals surface area (Å²) < 4.78 is 19.2. The van der Waals surface area contributed by atoms with E-state index in [-0.39, 0.29) is 11.1 Å². The van der Waals surface area contributed by atoms with Gasteiger partial charge in [-0.1, -0.05) is 24.3 Å². The SMILES string of the molecule is C=CCOc1c(OC)cc(Cn2cnc3c(Cl)nc(N)nc32)c(Br)c1OC. The lowest BCUT2D eigenvalue weighted by atomic mass is 10.1. The molecular weight excluding hydrogens is 438 g/mol. The molecule has 3 rings (SSSR count). The van der Waals surface area contributed by atoms with E-state index in [1.807, 2.05) is 10.6 Å². The van der Waals surface area contributed by atoms with Crippen molar-refractivity contribution in [3.05, 3.63) is 40.2 Å². The molecule has 2 N–H and O–H groups in total. The average Bonchev–Trinajstić information content (AvgIpc) is 3.04. The van der Waals surface area contributed by atoms with E-state index in [4.69, 9.17) is 31.5 Å². The number of methoxy groups -OCH3 is 2. The zero-order chi connectivity index (χ0) is 19.6. The highest BCUT2D eigenvalue weighted by Gasteiger charge is 2.21. The predicted molar refractivity (Wildman–Crippen MR) is 107 cm³/mol. The molecule has 0 unspecified atom stereocenters. The summed E-state index contributed by atoms with van der Waals surface area (Å²) in [5, 5.41) is 0.207. The molecule has 0 aliphatic carbocycles. The predicted octanol–water partition coefficient (Wildman–Crippen LogP) is 3.45. The summed E-state index contributed by atoms with van der Waals surface area (Å²) in [5.41, 5.74) is 7.59. The monoisotopic (exact) mass is 453 g/mol. The third-order valence-corrected chi connectivity index (χ3v) is 4.90. The van der Waals surface area contributed by atoms with E-state index in [1.54, 1.807) is 26.6 Å². The first-order valence-electron chi connectivity index (χ1n) is 7.81. The maximum absolute atomic E-state index is 6.09. The summed E-state index contributed by atoms with van der Waals surface area (Å²) in [5.74, 6) is 1.61. The number of nitrogen functional groups attached to an aromatic ring is 1. The van der Waals surface area contributed by atoms with Gasteiger partial charge in [-0.15, -0.1) is 0 Å². The zero-order valence-electron chi connectivity index (χ0n) is 14.7. The van der Waals surface area contributed by atoms with Crippen LogP contribution in [0.3, 0.4) is 0 Å². The van der Waals surface area contributed by atoms with E-state index < -0.39 is 0 Å². The van der Waals surface area contributed by atoms with Crippen molar-refractivity contribution in [1.29, 1.82) is 0 Å². The fourth-order valence-corrected chi connectivity index (χ4v) is 3.40. The third kappa shape index (κ3) is 3.65. The second kappa shape index (κ2) is 8.01. The fourth-order valence-electron chi connectivity index (χ4n) is 2.60. The van der Waals surface area contributed by atoms with Crippen molar-refractivity contribution >= 4 is 44.6 Å². The Labute approximate surface area is 169 Å². The van der Waals surface area contributed by atoms with E-state index >= 15 is 0 Å². The number of halogens is 2. The van der Waals surface area contributed by atoms with Gasteiger partial charge >= 0.3 is 0 Å². The molecule has 142 valence electrons. The molecular formula is C17H17BrClN5O3. The van der Waals surface area contributed by atoms with Gasteiger partial charge in [0, 0.05) is 0 Å². The number of ether oxygens (including phenoxy) is 3. The van der Waals surface area contributed by atoms with Crippen molar-refractivity contribution in [2.75, 3.05) is 26.6 Å². The van der Waals surface area contributed by atoms with Gasteiger partial charge in [0.05, 0.1) is 31.6 Å². The highest BCUT2D eigenvalue weighted by atomic mass is 79.9. The summed E-state index contributed by atoms with van der Waals surface area (Å²) in [6.07, 6.45) is 3.27. The average molecular weight is 455 g/mol. The molecule has 0 bridgehead atoms. The Morgan fingerprint density at radius 1 is 1.30 bits per heavy atom. The largest absolute Gasteiger partial charge is 0.493 e. The van der Waals surface area contributed by atoms with Crippen molar-refractivity contribution in [2.24, 2.45) is 0 Å². The molecule has 0 aliphatic heterocycles. The molecule has 0 saturated carbocycles. The van der Waals surface area contributed by atoms with Crippen LogP contribution in [0.5, 0.6) is 17.2 Å². The molecule has 0 radical (unpaired) electrons. The molecule has 0 atom stereocenters. The van der Waals surface area contributed by atoms with Crippen molar-refractivity contribution in [3.63, 3.8) is 0 Å². The zero-order valence-corrected chi connectivity index (χ0v) is 17.0. The minimum absolute atomic E-state index is 0.0802. The van der Waals surface area contributed by atoms with E-state index in [1.165, 1.54) is 0 Å². The second-order valence-corrected chi connectivity index (χ2v) is 6.58. The van der Waals surface area contributed by atoms with Crippen LogP contribution in [0.15, 0.2) is 29.5 Å². The Balaban J connectivity index is 2.09. The fraction of sp³-hybridized carbons (Fsp3) is 0.235. The minimum atomic E-state index is 0.0802. The summed E-state index contributed by atoms with van der Waals surface area (Å²) in [7, 11) is 3.12. The van der Waals surface area contributed by atoms with Crippen molar-refractivity contribution in [3.8, 4) is 17.2 Å². The topological polar surface area (TPSA) is 97.3 Å². The Bertz CT molecular complexity index is 1010. The number of imidazole rings is 1. The lowest BCUT2D eigenvalue weighted by Crippen LogP contribution is -2.06. The van der Waals surface area contributed by atoms with Gasteiger partial charge in [0.15, 0.2) is 22.3 Å². The quantitative estimate of drug-likeness (QED) is 0.431. The molecule has 2 heterocycles. The highest BCUT2D eigenvalue weighted by molar-refractivity contribution is 9.10. The van der Waals surface area contributed by atoms with E-state index in [9.17, 15) is 0 Å². The summed E-state index contributed by atoms with van der Waals surface area (Å²) in [6.45, 7) is 4.39. The van der Waals surface area contributed by atoms with Crippen molar-refractivity contribution in [2.45, 2.75) is 6.54 Å². The second-order valence-electron chi connectivity index (χ2n) is 5.43. The molecule has 0 saturated heterocycles. The Morgan fingerprint density at radius 3 is 2.74 bits per heavy atom. The van der Waals surface area contributed by atoms with Gasteiger partial charge in [-0.25, -0.2) is 4.98 Å². The lowest BCUT2D eigenvalue weighted by molar-refractivity contribution is 0.299. The summed E-state index contributed by atoms with van der Waals surface area (Å²) in [4.78, 5) is 12.4. The van der Waals surface area contributed by atoms with Gasteiger partial charge in [0.25, 0.3) is 0 Å². The Morgan fingerprint density at radius 2 is 2.07 bits per heavy atom. The number of benzene rings is 1. The van der Waals surface area contributed by atoms with Crippen LogP contribution in [0.25, 0.3) is 11.2 Å². The van der Waals surface area contributed by atoms with Gasteiger partial charge in [0.2, 0.25) is 11.7 Å². The first-order chi connectivity index (χ1) is 13.0. The summed E-state index contributed by atoms with van der Waals surface area (Å²) >= 11 is 9.68. The van der Waals surface area contributed by atoms with E-state index in [0.29, 0.717) is 41.6 Å². The number of hydrogen-bond acceptors (Lipinski definition) is 7. The Hall–Kier alpha value is -2.52. The number of anilines is 1. The van der Waals surface area contributed by atoms with Crippen LogP contribution >= 0.6 is 27.5 Å². The number of hydrogen-bond donors (Lipinski definition) is 1. The molecule has 10 heteroatoms. The summed E-state index contributed by atoms with van der Waals surface area (Å²) in [6, 6.07) is 1.85. The van der Waals surface area contributed by atoms with E-state index in [0.717, 1.165) is 10.0 Å². The minimum Gasteiger partial charge on any atom is -0.493 e. The first kappa shape index (κ1) is 19.2. The van der Waals surface area contributed by atoms with Crippen molar-refractivity contribution < 1.29 is 14.2 Å². The molecule has 27 heavy (non-hydrogen) atoms. The van der Waals surface area contributed by atoms with Crippen LogP contribution in [-0.4, -0.2) is 40.3 Å². The number of nitrogens with zero attached hydrogens (tertiary/aromatic N) is 4. The normalized spacial score (nSPS) is 10.8. The highest BCUT2D eigenvalue weighted by Crippen LogP contribution is 2.45. The molecule has 0 amide bonds. The van der Waals surface area contributed by atoms with Crippen LogP contribution in [0.4, 0.5) is 5.95 Å². The maximum Gasteiger partial charge on any atom is 0.223 e.